The number of carboxylic acids is 1. The number of hydrogen-bond acceptors (Lipinski definition) is 4. The van der Waals surface area contributed by atoms with E-state index >= 15 is 0 Å². The normalized spacial score (nSPS) is 25.8. The van der Waals surface area contributed by atoms with Gasteiger partial charge in [-0.1, -0.05) is 12.1 Å². The van der Waals surface area contributed by atoms with Crippen molar-refractivity contribution in [2.75, 3.05) is 19.6 Å². The van der Waals surface area contributed by atoms with Crippen LogP contribution in [0.2, 0.25) is 0 Å². The van der Waals surface area contributed by atoms with E-state index in [1.807, 2.05) is 4.90 Å². The molecule has 1 aromatic carbocycles. The number of aliphatic carboxylic acids is 1. The fourth-order valence-electron chi connectivity index (χ4n) is 3.87. The zero-order valence-corrected chi connectivity index (χ0v) is 13.3. The summed E-state index contributed by atoms with van der Waals surface area (Å²) in [6, 6.07) is 6.20. The van der Waals surface area contributed by atoms with Crippen molar-refractivity contribution in [2.24, 2.45) is 11.3 Å². The van der Waals surface area contributed by atoms with E-state index in [0.717, 1.165) is 5.56 Å². The number of halogens is 1. The molecule has 4 rings (SSSR count). The van der Waals surface area contributed by atoms with Crippen LogP contribution in [0.1, 0.15) is 5.56 Å². The third-order valence-electron chi connectivity index (χ3n) is 5.16. The van der Waals surface area contributed by atoms with Gasteiger partial charge in [-0.25, -0.2) is 4.39 Å². The molecule has 2 aliphatic heterocycles. The molecule has 2 saturated heterocycles. The fourth-order valence-corrected chi connectivity index (χ4v) is 3.87. The molecule has 2 aromatic rings. The Kier molecular flexibility index (Phi) is 3.57. The van der Waals surface area contributed by atoms with Crippen molar-refractivity contribution >= 4 is 11.9 Å². The van der Waals surface area contributed by atoms with E-state index < -0.39 is 17.3 Å². The lowest BCUT2D eigenvalue weighted by Gasteiger charge is -2.21. The van der Waals surface area contributed by atoms with Crippen LogP contribution in [0.25, 0.3) is 11.3 Å². The van der Waals surface area contributed by atoms with Gasteiger partial charge < -0.3 is 10.4 Å². The summed E-state index contributed by atoms with van der Waals surface area (Å²) >= 11 is 0. The van der Waals surface area contributed by atoms with Gasteiger partial charge in [-0.3, -0.25) is 19.6 Å². The molecule has 3 heterocycles. The topological polar surface area (TPSA) is 98.3 Å². The van der Waals surface area contributed by atoms with Crippen molar-refractivity contribution in [1.82, 2.24) is 20.4 Å². The van der Waals surface area contributed by atoms with Gasteiger partial charge >= 0.3 is 5.97 Å². The average molecular weight is 344 g/mol. The molecule has 0 spiro atoms. The van der Waals surface area contributed by atoms with Crippen molar-refractivity contribution in [3.8, 4) is 11.3 Å². The molecule has 8 heteroatoms. The summed E-state index contributed by atoms with van der Waals surface area (Å²) in [4.78, 5) is 25.7. The third-order valence-corrected chi connectivity index (χ3v) is 5.16. The molecule has 1 amide bonds. The Balaban J connectivity index is 1.58. The van der Waals surface area contributed by atoms with Crippen LogP contribution in [0.4, 0.5) is 4.39 Å². The number of H-pyrrole nitrogens is 1. The minimum atomic E-state index is -1.07. The third kappa shape index (κ3) is 2.49. The van der Waals surface area contributed by atoms with Crippen LogP contribution < -0.4 is 5.32 Å². The van der Waals surface area contributed by atoms with Gasteiger partial charge in [-0.05, 0) is 12.1 Å². The van der Waals surface area contributed by atoms with Crippen molar-refractivity contribution in [3.05, 3.63) is 41.8 Å². The zero-order valence-electron chi connectivity index (χ0n) is 13.3. The van der Waals surface area contributed by atoms with E-state index in [0.29, 0.717) is 30.9 Å². The van der Waals surface area contributed by atoms with Crippen molar-refractivity contribution in [2.45, 2.75) is 6.54 Å². The molecule has 2 fully saturated rings. The van der Waals surface area contributed by atoms with Crippen molar-refractivity contribution in [3.63, 3.8) is 0 Å². The molecule has 2 aliphatic rings. The second kappa shape index (κ2) is 5.66. The van der Waals surface area contributed by atoms with E-state index in [9.17, 15) is 19.1 Å². The van der Waals surface area contributed by atoms with E-state index in [1.54, 1.807) is 18.3 Å². The van der Waals surface area contributed by atoms with Gasteiger partial charge in [0.2, 0.25) is 5.91 Å². The first-order chi connectivity index (χ1) is 12.0. The molecule has 130 valence electrons. The van der Waals surface area contributed by atoms with E-state index in [2.05, 4.69) is 15.5 Å². The number of hydrogen-bond donors (Lipinski definition) is 3. The van der Waals surface area contributed by atoms with Crippen molar-refractivity contribution in [1.29, 1.82) is 0 Å². The molecule has 0 aliphatic carbocycles. The van der Waals surface area contributed by atoms with Gasteiger partial charge in [0.05, 0.1) is 17.8 Å². The molecule has 0 unspecified atom stereocenters. The molecule has 7 nitrogen and oxygen atoms in total. The summed E-state index contributed by atoms with van der Waals surface area (Å²) in [7, 11) is 0. The molecular weight excluding hydrogens is 327 g/mol. The second-order valence-corrected chi connectivity index (χ2v) is 6.68. The van der Waals surface area contributed by atoms with Crippen LogP contribution in [-0.2, 0) is 16.1 Å². The number of aromatic amines is 1. The Labute approximate surface area is 142 Å². The van der Waals surface area contributed by atoms with Crippen LogP contribution in [0.15, 0.2) is 30.5 Å². The Morgan fingerprint density at radius 2 is 2.32 bits per heavy atom. The maximum absolute atomic E-state index is 13.5. The minimum absolute atomic E-state index is 0.157. The number of aromatic nitrogens is 2. The lowest BCUT2D eigenvalue weighted by Crippen LogP contribution is -2.40. The SMILES string of the molecule is O=C1NC[C@@]2(C(=O)O)CN(Cc3cn[nH]c3-c3cccc(F)c3)C[C@@H]12. The summed E-state index contributed by atoms with van der Waals surface area (Å²) in [5, 5.41) is 19.2. The number of fused-ring (bicyclic) bond motifs is 1. The predicted molar refractivity (Wildman–Crippen MR) is 85.8 cm³/mol. The predicted octanol–water partition coefficient (Wildman–Crippen LogP) is 0.848. The quantitative estimate of drug-likeness (QED) is 0.764. The number of amides is 1. The summed E-state index contributed by atoms with van der Waals surface area (Å²) in [6.45, 7) is 1.27. The minimum Gasteiger partial charge on any atom is -0.481 e. The second-order valence-electron chi connectivity index (χ2n) is 6.68. The summed E-state index contributed by atoms with van der Waals surface area (Å²) in [5.74, 6) is -2.04. The molecule has 0 radical (unpaired) electrons. The highest BCUT2D eigenvalue weighted by atomic mass is 19.1. The zero-order chi connectivity index (χ0) is 17.6. The Morgan fingerprint density at radius 1 is 1.48 bits per heavy atom. The Hall–Kier alpha value is -2.74. The molecule has 3 N–H and O–H groups in total. The molecule has 1 aromatic heterocycles. The lowest BCUT2D eigenvalue weighted by atomic mass is 9.81. The number of carbonyl (C=O) groups is 2. The van der Waals surface area contributed by atoms with Crippen LogP contribution in [0, 0.1) is 17.2 Å². The number of rotatable bonds is 4. The van der Waals surface area contributed by atoms with Gasteiger partial charge in [0, 0.05) is 37.3 Å². The summed E-state index contributed by atoms with van der Waals surface area (Å²) in [5.41, 5.74) is 1.15. The van der Waals surface area contributed by atoms with Crippen LogP contribution in [-0.4, -0.2) is 51.7 Å². The number of benzene rings is 1. The highest BCUT2D eigenvalue weighted by Crippen LogP contribution is 2.40. The Morgan fingerprint density at radius 3 is 3.04 bits per heavy atom. The van der Waals surface area contributed by atoms with Gasteiger partial charge in [0.1, 0.15) is 11.2 Å². The van der Waals surface area contributed by atoms with Gasteiger partial charge in [0.25, 0.3) is 0 Å². The van der Waals surface area contributed by atoms with E-state index in [1.165, 1.54) is 12.1 Å². The largest absolute Gasteiger partial charge is 0.481 e. The Bertz CT molecular complexity index is 852. The molecular formula is C17H17FN4O3. The van der Waals surface area contributed by atoms with Gasteiger partial charge in [0.15, 0.2) is 0 Å². The molecule has 0 saturated carbocycles. The molecule has 0 bridgehead atoms. The van der Waals surface area contributed by atoms with Gasteiger partial charge in [-0.15, -0.1) is 0 Å². The number of carboxylic acid groups (broad SMARTS) is 1. The highest BCUT2D eigenvalue weighted by Gasteiger charge is 2.59. The first kappa shape index (κ1) is 15.8. The number of carbonyl (C=O) groups excluding carboxylic acids is 1. The van der Waals surface area contributed by atoms with Gasteiger partial charge in [-0.2, -0.15) is 5.10 Å². The van der Waals surface area contributed by atoms with Crippen molar-refractivity contribution < 1.29 is 19.1 Å². The average Bonchev–Trinajstić information content (AvgIpc) is 3.24. The van der Waals surface area contributed by atoms with E-state index in [4.69, 9.17) is 0 Å². The number of nitrogens with zero attached hydrogens (tertiary/aromatic N) is 2. The standard InChI is InChI=1S/C17H17FN4O3/c18-12-3-1-2-10(4-12)14-11(5-20-21-14)6-22-7-13-15(23)19-8-17(13,9-22)16(24)25/h1-5,13H,6-9H2,(H,19,23)(H,20,21)(H,24,25)/t13-,17+/m0/s1. The molecule has 25 heavy (non-hydrogen) atoms. The molecule has 2 atom stereocenters. The number of likely N-dealkylation sites (tertiary alicyclic amines) is 1. The summed E-state index contributed by atoms with van der Waals surface area (Å²) in [6.07, 6.45) is 1.65. The summed E-state index contributed by atoms with van der Waals surface area (Å²) < 4.78 is 13.5. The smallest absolute Gasteiger partial charge is 0.313 e. The highest BCUT2D eigenvalue weighted by molar-refractivity contribution is 5.92. The lowest BCUT2D eigenvalue weighted by molar-refractivity contribution is -0.149. The fraction of sp³-hybridized carbons (Fsp3) is 0.353. The van der Waals surface area contributed by atoms with Crippen LogP contribution in [0.3, 0.4) is 0 Å². The number of nitrogens with one attached hydrogen (secondary N) is 2. The van der Waals surface area contributed by atoms with E-state index in [-0.39, 0.29) is 18.3 Å². The first-order valence-corrected chi connectivity index (χ1v) is 8.01. The maximum atomic E-state index is 13.5. The maximum Gasteiger partial charge on any atom is 0.313 e. The van der Waals surface area contributed by atoms with Crippen LogP contribution >= 0.6 is 0 Å². The van der Waals surface area contributed by atoms with Crippen LogP contribution in [0.5, 0.6) is 0 Å². The first-order valence-electron chi connectivity index (χ1n) is 8.01. The monoisotopic (exact) mass is 344 g/mol.